The van der Waals surface area contributed by atoms with Crippen LogP contribution in [0.4, 0.5) is 0 Å². The van der Waals surface area contributed by atoms with E-state index in [4.69, 9.17) is 15.1 Å². The van der Waals surface area contributed by atoms with E-state index in [1.807, 2.05) is 6.07 Å². The molecule has 0 atom stereocenters. The molecule has 0 spiro atoms. The van der Waals surface area contributed by atoms with Gasteiger partial charge in [-0.1, -0.05) is 6.07 Å². The molecule has 2 N–H and O–H groups in total. The van der Waals surface area contributed by atoms with Crippen molar-refractivity contribution in [3.8, 4) is 6.07 Å². The molecule has 23 heavy (non-hydrogen) atoms. The maximum absolute atomic E-state index is 11.9. The molecule has 0 bridgehead atoms. The molecule has 0 aliphatic rings. The first-order chi connectivity index (χ1) is 10.7. The summed E-state index contributed by atoms with van der Waals surface area (Å²) in [6.07, 6.45) is 0.172. The minimum absolute atomic E-state index is 0.0212. The molecule has 0 saturated heterocycles. The van der Waals surface area contributed by atoms with Crippen molar-refractivity contribution in [2.24, 2.45) is 5.14 Å². The van der Waals surface area contributed by atoms with Crippen molar-refractivity contribution in [1.29, 1.82) is 5.26 Å². The second-order valence-electron chi connectivity index (χ2n) is 4.82. The first-order valence-electron chi connectivity index (χ1n) is 6.58. The third-order valence-corrected chi connectivity index (χ3v) is 4.09. The van der Waals surface area contributed by atoms with Gasteiger partial charge in [0, 0.05) is 13.6 Å². The monoisotopic (exact) mass is 339 g/mol. The van der Waals surface area contributed by atoms with Gasteiger partial charge in [-0.25, -0.2) is 18.4 Å². The fourth-order valence-electron chi connectivity index (χ4n) is 1.70. The second kappa shape index (κ2) is 7.71. The summed E-state index contributed by atoms with van der Waals surface area (Å²) in [5.41, 5.74) is 0.378. The Hall–Kier alpha value is -2.44. The van der Waals surface area contributed by atoms with Gasteiger partial charge in [-0.05, 0) is 24.6 Å². The van der Waals surface area contributed by atoms with Crippen molar-refractivity contribution in [2.45, 2.75) is 18.2 Å². The van der Waals surface area contributed by atoms with Crippen molar-refractivity contribution in [3.05, 3.63) is 29.3 Å². The molecule has 0 radical (unpaired) electrons. The fourth-order valence-corrected chi connectivity index (χ4v) is 2.50. The average Bonchev–Trinajstić information content (AvgIpc) is 2.49. The molecule has 8 nitrogen and oxygen atoms in total. The van der Waals surface area contributed by atoms with Crippen LogP contribution in [0.15, 0.2) is 23.1 Å². The lowest BCUT2D eigenvalue weighted by Crippen LogP contribution is -2.32. The highest BCUT2D eigenvalue weighted by Gasteiger charge is 2.17. The number of aryl methyl sites for hydroxylation is 1. The molecular weight excluding hydrogens is 322 g/mol. The van der Waals surface area contributed by atoms with E-state index in [9.17, 15) is 18.0 Å². The zero-order valence-electron chi connectivity index (χ0n) is 12.8. The largest absolute Gasteiger partial charge is 0.452 e. The number of rotatable bonds is 6. The van der Waals surface area contributed by atoms with Gasteiger partial charge >= 0.3 is 5.97 Å². The summed E-state index contributed by atoms with van der Waals surface area (Å²) in [5, 5.41) is 13.5. The molecule has 1 aromatic carbocycles. The zero-order valence-corrected chi connectivity index (χ0v) is 13.6. The maximum Gasteiger partial charge on any atom is 0.338 e. The predicted octanol–water partition coefficient (Wildman–Crippen LogP) is 0.171. The van der Waals surface area contributed by atoms with Crippen LogP contribution in [-0.4, -0.2) is 45.4 Å². The van der Waals surface area contributed by atoms with Crippen LogP contribution in [0.2, 0.25) is 0 Å². The number of carbonyl (C=O) groups is 2. The summed E-state index contributed by atoms with van der Waals surface area (Å²) in [5.74, 6) is -1.30. The molecular formula is C14H17N3O5S. The highest BCUT2D eigenvalue weighted by molar-refractivity contribution is 7.89. The number of sulfonamides is 1. The third kappa shape index (κ3) is 5.36. The van der Waals surface area contributed by atoms with Crippen LogP contribution in [0.5, 0.6) is 0 Å². The molecule has 0 unspecified atom stereocenters. The van der Waals surface area contributed by atoms with Crippen LogP contribution in [0.1, 0.15) is 22.3 Å². The number of nitrogens with two attached hydrogens (primary N) is 1. The molecule has 124 valence electrons. The average molecular weight is 339 g/mol. The number of ether oxygens (including phenoxy) is 1. The number of nitriles is 1. The van der Waals surface area contributed by atoms with Crippen LogP contribution in [0, 0.1) is 18.3 Å². The van der Waals surface area contributed by atoms with Crippen molar-refractivity contribution in [2.75, 3.05) is 20.2 Å². The number of likely N-dealkylation sites (N-methyl/N-ethyl adjacent to an activating group) is 1. The summed E-state index contributed by atoms with van der Waals surface area (Å²) in [7, 11) is -2.47. The molecule has 0 aliphatic carbocycles. The van der Waals surface area contributed by atoms with Gasteiger partial charge in [0.1, 0.15) is 0 Å². The van der Waals surface area contributed by atoms with E-state index >= 15 is 0 Å². The number of hydrogen-bond donors (Lipinski definition) is 1. The summed E-state index contributed by atoms with van der Waals surface area (Å²) in [6.45, 7) is 1.27. The van der Waals surface area contributed by atoms with Gasteiger partial charge in [0.2, 0.25) is 10.0 Å². The standard InChI is InChI=1S/C14H17N3O5S/c1-10-4-5-11(8-12(10)23(16,20)21)14(19)22-9-13(18)17(2)7-3-6-15/h4-5,8H,3,7,9H2,1-2H3,(H2,16,20,21). The van der Waals surface area contributed by atoms with E-state index in [1.165, 1.54) is 24.1 Å². The number of carbonyl (C=O) groups excluding carboxylic acids is 2. The highest BCUT2D eigenvalue weighted by Crippen LogP contribution is 2.16. The van der Waals surface area contributed by atoms with E-state index < -0.39 is 28.5 Å². The van der Waals surface area contributed by atoms with Gasteiger partial charge in [-0.2, -0.15) is 5.26 Å². The highest BCUT2D eigenvalue weighted by atomic mass is 32.2. The molecule has 0 fully saturated rings. The minimum atomic E-state index is -3.96. The molecule has 0 aliphatic heterocycles. The van der Waals surface area contributed by atoms with Crippen molar-refractivity contribution in [1.82, 2.24) is 4.90 Å². The first kappa shape index (κ1) is 18.6. The summed E-state index contributed by atoms with van der Waals surface area (Å²) in [6, 6.07) is 5.82. The molecule has 0 aromatic heterocycles. The Bertz CT molecular complexity index is 752. The molecule has 1 rings (SSSR count). The Labute approximate surface area is 134 Å². The lowest BCUT2D eigenvalue weighted by molar-refractivity contribution is -0.133. The number of benzene rings is 1. The van der Waals surface area contributed by atoms with E-state index in [0.29, 0.717) is 5.56 Å². The minimum Gasteiger partial charge on any atom is -0.452 e. The Morgan fingerprint density at radius 2 is 2.04 bits per heavy atom. The van der Waals surface area contributed by atoms with Gasteiger partial charge in [-0.15, -0.1) is 0 Å². The van der Waals surface area contributed by atoms with Gasteiger partial charge in [0.05, 0.1) is 22.9 Å². The Kier molecular flexibility index (Phi) is 6.24. The fraction of sp³-hybridized carbons (Fsp3) is 0.357. The van der Waals surface area contributed by atoms with Crippen molar-refractivity contribution < 1.29 is 22.7 Å². The Balaban J connectivity index is 2.77. The van der Waals surface area contributed by atoms with Crippen LogP contribution in [-0.2, 0) is 19.6 Å². The number of esters is 1. The molecule has 9 heteroatoms. The van der Waals surface area contributed by atoms with Gasteiger partial charge in [0.25, 0.3) is 5.91 Å². The predicted molar refractivity (Wildman–Crippen MR) is 80.7 cm³/mol. The summed E-state index contributed by atoms with van der Waals surface area (Å²) in [4.78, 5) is 24.7. The van der Waals surface area contributed by atoms with Crippen LogP contribution < -0.4 is 5.14 Å². The molecule has 1 aromatic rings. The number of amides is 1. The van der Waals surface area contributed by atoms with Crippen LogP contribution >= 0.6 is 0 Å². The topological polar surface area (TPSA) is 131 Å². The lowest BCUT2D eigenvalue weighted by atomic mass is 10.1. The number of primary sulfonamides is 1. The summed E-state index contributed by atoms with van der Waals surface area (Å²) < 4.78 is 27.7. The lowest BCUT2D eigenvalue weighted by Gasteiger charge is -2.15. The second-order valence-corrected chi connectivity index (χ2v) is 6.35. The smallest absolute Gasteiger partial charge is 0.338 e. The van der Waals surface area contributed by atoms with Crippen molar-refractivity contribution in [3.63, 3.8) is 0 Å². The SMILES string of the molecule is Cc1ccc(C(=O)OCC(=O)N(C)CCC#N)cc1S(N)(=O)=O. The summed E-state index contributed by atoms with van der Waals surface area (Å²) >= 11 is 0. The number of nitrogens with zero attached hydrogens (tertiary/aromatic N) is 2. The van der Waals surface area contributed by atoms with Gasteiger partial charge in [-0.3, -0.25) is 4.79 Å². The Morgan fingerprint density at radius 1 is 1.39 bits per heavy atom. The number of hydrogen-bond acceptors (Lipinski definition) is 6. The van der Waals surface area contributed by atoms with Crippen LogP contribution in [0.25, 0.3) is 0 Å². The molecule has 1 amide bonds. The van der Waals surface area contributed by atoms with Crippen molar-refractivity contribution >= 4 is 21.9 Å². The normalized spacial score (nSPS) is 10.7. The van der Waals surface area contributed by atoms with E-state index in [2.05, 4.69) is 0 Å². The first-order valence-corrected chi connectivity index (χ1v) is 8.13. The van der Waals surface area contributed by atoms with Gasteiger partial charge < -0.3 is 9.64 Å². The van der Waals surface area contributed by atoms with Gasteiger partial charge in [0.15, 0.2) is 6.61 Å². The maximum atomic E-state index is 11.9. The third-order valence-electron chi connectivity index (χ3n) is 3.04. The van der Waals surface area contributed by atoms with Crippen LogP contribution in [0.3, 0.4) is 0 Å². The molecule has 0 saturated carbocycles. The van der Waals surface area contributed by atoms with E-state index in [0.717, 1.165) is 6.07 Å². The van der Waals surface area contributed by atoms with E-state index in [1.54, 1.807) is 6.92 Å². The quantitative estimate of drug-likeness (QED) is 0.735. The van der Waals surface area contributed by atoms with E-state index in [-0.39, 0.29) is 23.4 Å². The Morgan fingerprint density at radius 3 is 2.61 bits per heavy atom. The molecule has 0 heterocycles. The zero-order chi connectivity index (χ0) is 17.6.